The molecule has 5 rings (SSSR count). The van der Waals surface area contributed by atoms with Gasteiger partial charge in [0.1, 0.15) is 14.1 Å². The zero-order valence-corrected chi connectivity index (χ0v) is 22.5. The van der Waals surface area contributed by atoms with E-state index in [0.717, 1.165) is 44.5 Å². The highest BCUT2D eigenvalue weighted by Gasteiger charge is 2.14. The normalized spacial score (nSPS) is 11.5. The van der Waals surface area contributed by atoms with Gasteiger partial charge in [0.05, 0.1) is 23.3 Å². The van der Waals surface area contributed by atoms with Crippen molar-refractivity contribution in [2.75, 3.05) is 0 Å². The number of aromatic nitrogens is 2. The molecule has 2 aromatic heterocycles. The lowest BCUT2D eigenvalue weighted by atomic mass is 9.88. The van der Waals surface area contributed by atoms with Crippen molar-refractivity contribution in [3.05, 3.63) is 144 Å². The van der Waals surface area contributed by atoms with E-state index in [-0.39, 0.29) is 0 Å². The number of nitrogens with zero attached hydrogens (tertiary/aromatic N) is 4. The van der Waals surface area contributed by atoms with Crippen LogP contribution in [0.1, 0.15) is 22.3 Å². The molecule has 2 heterocycles. The molecule has 0 saturated heterocycles. The molecule has 0 saturated carbocycles. The number of benzene rings is 3. The van der Waals surface area contributed by atoms with Gasteiger partial charge in [-0.2, -0.15) is 10.5 Å². The number of hydrogen-bond acceptors (Lipinski definition) is 2. The first-order valence-electron chi connectivity index (χ1n) is 13.0. The number of rotatable bonds is 6. The number of hydrogen-bond donors (Lipinski definition) is 0. The molecule has 190 valence electrons. The van der Waals surface area contributed by atoms with Crippen LogP contribution in [0.25, 0.3) is 45.6 Å². The quantitative estimate of drug-likeness (QED) is 0.184. The third-order valence-corrected chi connectivity index (χ3v) is 6.81. The molecule has 3 aromatic carbocycles. The van der Waals surface area contributed by atoms with Gasteiger partial charge in [-0.3, -0.25) is 0 Å². The Balaban J connectivity index is 1.79. The maximum absolute atomic E-state index is 10.1. The molecule has 0 aliphatic heterocycles. The van der Waals surface area contributed by atoms with Crippen molar-refractivity contribution in [2.24, 2.45) is 14.1 Å². The molecule has 0 N–H and O–H groups in total. The lowest BCUT2D eigenvalue weighted by Gasteiger charge is -2.15. The van der Waals surface area contributed by atoms with Crippen molar-refractivity contribution < 1.29 is 9.13 Å². The van der Waals surface area contributed by atoms with Gasteiger partial charge in [-0.15, -0.1) is 0 Å². The summed E-state index contributed by atoms with van der Waals surface area (Å²) in [5, 5.41) is 20.3. The van der Waals surface area contributed by atoms with Crippen LogP contribution in [-0.4, -0.2) is 0 Å². The van der Waals surface area contributed by atoms with Gasteiger partial charge >= 0.3 is 0 Å². The average molecular weight is 517 g/mol. The molecule has 0 spiro atoms. The molecule has 5 aromatic rings. The molecule has 0 aliphatic carbocycles. The second-order valence-electron chi connectivity index (χ2n) is 9.60. The van der Waals surface area contributed by atoms with E-state index < -0.39 is 0 Å². The molecular formula is C36H28N4+2. The molecule has 0 bridgehead atoms. The Bertz CT molecular complexity index is 1650. The van der Waals surface area contributed by atoms with Crippen molar-refractivity contribution in [2.45, 2.75) is 0 Å². The minimum Gasteiger partial charge on any atom is -0.208 e. The molecule has 0 aliphatic rings. The third kappa shape index (κ3) is 5.78. The Hall–Kier alpha value is -5.58. The number of aryl methyl sites for hydroxylation is 2. The predicted molar refractivity (Wildman–Crippen MR) is 160 cm³/mol. The van der Waals surface area contributed by atoms with Crippen molar-refractivity contribution in [3.63, 3.8) is 0 Å². The van der Waals surface area contributed by atoms with Gasteiger partial charge < -0.3 is 0 Å². The van der Waals surface area contributed by atoms with E-state index >= 15 is 0 Å². The first kappa shape index (κ1) is 26.0. The summed E-state index contributed by atoms with van der Waals surface area (Å²) in [6.45, 7) is 0. The van der Waals surface area contributed by atoms with E-state index in [1.807, 2.05) is 121 Å². The van der Waals surface area contributed by atoms with Gasteiger partial charge in [0.15, 0.2) is 24.8 Å². The summed E-state index contributed by atoms with van der Waals surface area (Å²) in [6.07, 6.45) is 11.7. The molecule has 0 atom stereocenters. The number of nitriles is 2. The SMILES string of the molecule is C[n+]1ccc(/C(C#N)=C/c2cc(-c3ccccc3)c(/C=C(\C#N)c3cc[n+](C)cc3)cc2-c2ccccc2)cc1. The van der Waals surface area contributed by atoms with Crippen LogP contribution >= 0.6 is 0 Å². The van der Waals surface area contributed by atoms with Crippen LogP contribution in [-0.2, 0) is 14.1 Å². The van der Waals surface area contributed by atoms with Crippen molar-refractivity contribution in [1.82, 2.24) is 0 Å². The Morgan fingerprint density at radius 2 is 0.900 bits per heavy atom. The Kier molecular flexibility index (Phi) is 7.72. The molecule has 0 amide bonds. The first-order chi connectivity index (χ1) is 19.6. The van der Waals surface area contributed by atoms with Crippen LogP contribution < -0.4 is 9.13 Å². The van der Waals surface area contributed by atoms with E-state index in [0.29, 0.717) is 11.1 Å². The van der Waals surface area contributed by atoms with Crippen molar-refractivity contribution in [1.29, 1.82) is 10.5 Å². The molecule has 0 radical (unpaired) electrons. The smallest absolute Gasteiger partial charge is 0.169 e. The van der Waals surface area contributed by atoms with Gasteiger partial charge in [-0.25, -0.2) is 9.13 Å². The Morgan fingerprint density at radius 3 is 1.23 bits per heavy atom. The highest BCUT2D eigenvalue weighted by atomic mass is 14.9. The predicted octanol–water partition coefficient (Wildman–Crippen LogP) is 6.80. The maximum atomic E-state index is 10.1. The highest BCUT2D eigenvalue weighted by molar-refractivity contribution is 5.98. The molecule has 0 unspecified atom stereocenters. The maximum Gasteiger partial charge on any atom is 0.169 e. The molecular weight excluding hydrogens is 488 g/mol. The summed E-state index contributed by atoms with van der Waals surface area (Å²) < 4.78 is 3.89. The summed E-state index contributed by atoms with van der Waals surface area (Å²) in [7, 11) is 3.91. The van der Waals surface area contributed by atoms with Crippen LogP contribution in [0.5, 0.6) is 0 Å². The van der Waals surface area contributed by atoms with E-state index in [1.54, 1.807) is 0 Å². The van der Waals surface area contributed by atoms with Gasteiger partial charge in [-0.05, 0) is 57.7 Å². The van der Waals surface area contributed by atoms with Crippen molar-refractivity contribution >= 4 is 23.3 Å². The second-order valence-corrected chi connectivity index (χ2v) is 9.60. The molecule has 4 heteroatoms. The fraction of sp³-hybridized carbons (Fsp3) is 0.0556. The van der Waals surface area contributed by atoms with Crippen LogP contribution in [0.15, 0.2) is 122 Å². The minimum absolute atomic E-state index is 0.579. The van der Waals surface area contributed by atoms with E-state index in [4.69, 9.17) is 0 Å². The van der Waals surface area contributed by atoms with E-state index in [2.05, 4.69) is 48.5 Å². The Morgan fingerprint density at radius 1 is 0.550 bits per heavy atom. The minimum atomic E-state index is 0.579. The standard InChI is InChI=1S/C36H28N4/c1-39-17-13-27(14-18-39)33(25-37)21-31-23-36(30-11-7-4-8-12-30)32(24-35(31)29-9-5-3-6-10-29)22-34(26-38)28-15-19-40(2)20-16-28/h3-24H,1-2H3/q+2/b33-21+,34-22+. The average Bonchev–Trinajstić information content (AvgIpc) is 3.00. The molecule has 4 nitrogen and oxygen atoms in total. The van der Waals surface area contributed by atoms with Crippen LogP contribution in [0.4, 0.5) is 0 Å². The van der Waals surface area contributed by atoms with E-state index in [1.165, 1.54) is 0 Å². The zero-order chi connectivity index (χ0) is 27.9. The largest absolute Gasteiger partial charge is 0.208 e. The number of pyridine rings is 2. The van der Waals surface area contributed by atoms with Gasteiger partial charge in [-0.1, -0.05) is 60.7 Å². The zero-order valence-electron chi connectivity index (χ0n) is 22.5. The van der Waals surface area contributed by atoms with Crippen LogP contribution in [0, 0.1) is 22.7 Å². The first-order valence-corrected chi connectivity index (χ1v) is 13.0. The summed E-state index contributed by atoms with van der Waals surface area (Å²) >= 11 is 0. The van der Waals surface area contributed by atoms with Crippen LogP contribution in [0.3, 0.4) is 0 Å². The summed E-state index contributed by atoms with van der Waals surface area (Å²) in [4.78, 5) is 0. The van der Waals surface area contributed by atoms with Gasteiger partial charge in [0, 0.05) is 35.4 Å². The summed E-state index contributed by atoms with van der Waals surface area (Å²) in [5.41, 5.74) is 8.76. The monoisotopic (exact) mass is 516 g/mol. The molecule has 0 fully saturated rings. The van der Waals surface area contributed by atoms with Crippen molar-refractivity contribution in [3.8, 4) is 34.4 Å². The Labute approximate surface area is 235 Å². The third-order valence-electron chi connectivity index (χ3n) is 6.81. The second kappa shape index (κ2) is 11.9. The topological polar surface area (TPSA) is 55.3 Å². The molecule has 40 heavy (non-hydrogen) atoms. The fourth-order valence-corrected chi connectivity index (χ4v) is 4.64. The summed E-state index contributed by atoms with van der Waals surface area (Å²) in [5.74, 6) is 0. The lowest BCUT2D eigenvalue weighted by Crippen LogP contribution is -2.25. The summed E-state index contributed by atoms with van der Waals surface area (Å²) in [6, 6.07) is 37.2. The fourth-order valence-electron chi connectivity index (χ4n) is 4.64. The van der Waals surface area contributed by atoms with Gasteiger partial charge in [0.25, 0.3) is 0 Å². The van der Waals surface area contributed by atoms with Crippen LogP contribution in [0.2, 0.25) is 0 Å². The van der Waals surface area contributed by atoms with Gasteiger partial charge in [0.2, 0.25) is 0 Å². The lowest BCUT2D eigenvalue weighted by molar-refractivity contribution is -0.671. The highest BCUT2D eigenvalue weighted by Crippen LogP contribution is 2.36. The number of allylic oxidation sites excluding steroid dienone is 2. The van der Waals surface area contributed by atoms with E-state index in [9.17, 15) is 10.5 Å².